The fourth-order valence-electron chi connectivity index (χ4n) is 3.06. The van der Waals surface area contributed by atoms with Gasteiger partial charge in [0.2, 0.25) is 5.91 Å². The summed E-state index contributed by atoms with van der Waals surface area (Å²) >= 11 is 9.76. The van der Waals surface area contributed by atoms with Gasteiger partial charge in [-0.1, -0.05) is 60.4 Å². The fourth-order valence-corrected chi connectivity index (χ4v) is 3.54. The van der Waals surface area contributed by atoms with Crippen molar-refractivity contribution in [1.29, 1.82) is 0 Å². The number of nitrogens with one attached hydrogen (secondary N) is 2. The van der Waals surface area contributed by atoms with Crippen LogP contribution in [0.4, 0.5) is 16.3 Å². The summed E-state index contributed by atoms with van der Waals surface area (Å²) < 4.78 is 2.54. The van der Waals surface area contributed by atoms with Crippen LogP contribution in [0.2, 0.25) is 5.02 Å². The van der Waals surface area contributed by atoms with Crippen LogP contribution in [-0.4, -0.2) is 39.7 Å². The van der Waals surface area contributed by atoms with Crippen molar-refractivity contribution in [3.8, 4) is 5.69 Å². The SMILES string of the molecule is CCN(CC(=O)Nc1cc(C(C)(C)C)nn1-c1ccccc1Cl)C(=O)Nc1ccc(Br)cc1. The number of rotatable bonds is 6. The largest absolute Gasteiger partial charge is 0.322 e. The second-order valence-electron chi connectivity index (χ2n) is 8.53. The number of carbonyl (C=O) groups is 2. The van der Waals surface area contributed by atoms with E-state index >= 15 is 0 Å². The number of carbonyl (C=O) groups excluding carboxylic acids is 2. The lowest BCUT2D eigenvalue weighted by Gasteiger charge is -2.21. The number of urea groups is 1. The minimum atomic E-state index is -0.357. The third kappa shape index (κ3) is 6.36. The standard InChI is InChI=1S/C24H27BrClN5O2/c1-5-30(23(33)27-17-12-10-16(25)11-13-17)15-22(32)28-21-14-20(24(2,3)4)29-31(21)19-9-7-6-8-18(19)26/h6-14H,5,15H2,1-4H3,(H,27,33)(H,28,32). The van der Waals surface area contributed by atoms with Gasteiger partial charge < -0.3 is 15.5 Å². The van der Waals surface area contributed by atoms with Gasteiger partial charge in [0.15, 0.2) is 0 Å². The van der Waals surface area contributed by atoms with E-state index in [0.29, 0.717) is 28.8 Å². The van der Waals surface area contributed by atoms with Crippen molar-refractivity contribution in [2.24, 2.45) is 0 Å². The molecule has 33 heavy (non-hydrogen) atoms. The topological polar surface area (TPSA) is 79.3 Å². The molecule has 0 aliphatic rings. The van der Waals surface area contributed by atoms with Crippen molar-refractivity contribution in [2.45, 2.75) is 33.1 Å². The molecule has 3 rings (SSSR count). The number of aromatic nitrogens is 2. The van der Waals surface area contributed by atoms with E-state index in [0.717, 1.165) is 10.2 Å². The van der Waals surface area contributed by atoms with Crippen LogP contribution in [0.15, 0.2) is 59.1 Å². The molecule has 0 fully saturated rings. The van der Waals surface area contributed by atoms with Gasteiger partial charge in [0, 0.05) is 28.2 Å². The van der Waals surface area contributed by atoms with E-state index in [1.54, 1.807) is 22.9 Å². The molecule has 2 aromatic carbocycles. The predicted molar refractivity (Wildman–Crippen MR) is 136 cm³/mol. The first-order valence-electron chi connectivity index (χ1n) is 10.5. The van der Waals surface area contributed by atoms with Gasteiger partial charge in [0.25, 0.3) is 0 Å². The molecule has 1 aromatic heterocycles. The van der Waals surface area contributed by atoms with Gasteiger partial charge in [0.1, 0.15) is 12.4 Å². The number of hydrogen-bond acceptors (Lipinski definition) is 3. The molecule has 9 heteroatoms. The highest BCUT2D eigenvalue weighted by molar-refractivity contribution is 9.10. The molecule has 0 atom stereocenters. The number of hydrogen-bond donors (Lipinski definition) is 2. The molecule has 3 aromatic rings. The van der Waals surface area contributed by atoms with Gasteiger partial charge in [-0.25, -0.2) is 9.48 Å². The fraction of sp³-hybridized carbons (Fsp3) is 0.292. The van der Waals surface area contributed by atoms with Gasteiger partial charge >= 0.3 is 6.03 Å². The highest BCUT2D eigenvalue weighted by atomic mass is 79.9. The third-order valence-corrected chi connectivity index (χ3v) is 5.77. The average molecular weight is 533 g/mol. The molecular weight excluding hydrogens is 506 g/mol. The molecule has 2 N–H and O–H groups in total. The van der Waals surface area contributed by atoms with Crippen molar-refractivity contribution in [1.82, 2.24) is 14.7 Å². The molecule has 3 amide bonds. The highest BCUT2D eigenvalue weighted by Crippen LogP contribution is 2.29. The quantitative estimate of drug-likeness (QED) is 0.404. The van der Waals surface area contributed by atoms with Crippen molar-refractivity contribution in [3.63, 3.8) is 0 Å². The second-order valence-corrected chi connectivity index (χ2v) is 9.85. The van der Waals surface area contributed by atoms with Gasteiger partial charge in [-0.2, -0.15) is 5.10 Å². The van der Waals surface area contributed by atoms with Crippen LogP contribution in [0.1, 0.15) is 33.4 Å². The summed E-state index contributed by atoms with van der Waals surface area (Å²) in [6.07, 6.45) is 0. The number of benzene rings is 2. The molecular formula is C24H27BrClN5O2. The van der Waals surface area contributed by atoms with Gasteiger partial charge in [-0.05, 0) is 43.3 Å². The molecule has 0 aliphatic carbocycles. The summed E-state index contributed by atoms with van der Waals surface area (Å²) in [7, 11) is 0. The Hall–Kier alpha value is -2.84. The zero-order valence-electron chi connectivity index (χ0n) is 19.0. The maximum absolute atomic E-state index is 12.9. The van der Waals surface area contributed by atoms with Gasteiger partial charge in [-0.3, -0.25) is 4.79 Å². The Balaban J connectivity index is 1.78. The van der Waals surface area contributed by atoms with E-state index in [1.165, 1.54) is 4.90 Å². The lowest BCUT2D eigenvalue weighted by molar-refractivity contribution is -0.116. The normalized spacial score (nSPS) is 11.2. The average Bonchev–Trinajstić information content (AvgIpc) is 3.18. The molecule has 0 unspecified atom stereocenters. The highest BCUT2D eigenvalue weighted by Gasteiger charge is 2.23. The van der Waals surface area contributed by atoms with Gasteiger partial charge in [-0.15, -0.1) is 0 Å². The first-order chi connectivity index (χ1) is 15.6. The summed E-state index contributed by atoms with van der Waals surface area (Å²) in [5, 5.41) is 10.9. The Morgan fingerprint density at radius 1 is 1.09 bits per heavy atom. The number of amides is 3. The molecule has 0 bridgehead atoms. The maximum atomic E-state index is 12.9. The van der Waals surface area contributed by atoms with Crippen LogP contribution in [0.3, 0.4) is 0 Å². The number of halogens is 2. The monoisotopic (exact) mass is 531 g/mol. The molecule has 7 nitrogen and oxygen atoms in total. The van der Waals surface area contributed by atoms with Gasteiger partial charge in [0.05, 0.1) is 16.4 Å². The number of likely N-dealkylation sites (N-methyl/N-ethyl adjacent to an activating group) is 1. The van der Waals surface area contributed by atoms with E-state index in [1.807, 2.05) is 64.1 Å². The zero-order chi connectivity index (χ0) is 24.2. The molecule has 0 aliphatic heterocycles. The number of nitrogens with zero attached hydrogens (tertiary/aromatic N) is 3. The van der Waals surface area contributed by atoms with Crippen molar-refractivity contribution < 1.29 is 9.59 Å². The van der Waals surface area contributed by atoms with Crippen LogP contribution in [0.5, 0.6) is 0 Å². The molecule has 174 valence electrons. The Labute approximate surface area is 207 Å². The summed E-state index contributed by atoms with van der Waals surface area (Å²) in [4.78, 5) is 27.0. The van der Waals surface area contributed by atoms with E-state index in [2.05, 4.69) is 31.7 Å². The van der Waals surface area contributed by atoms with Crippen LogP contribution < -0.4 is 10.6 Å². The lowest BCUT2D eigenvalue weighted by Crippen LogP contribution is -2.40. The number of anilines is 2. The van der Waals surface area contributed by atoms with Crippen LogP contribution in [0.25, 0.3) is 5.69 Å². The van der Waals surface area contributed by atoms with Crippen LogP contribution in [0, 0.1) is 0 Å². The summed E-state index contributed by atoms with van der Waals surface area (Å²) in [5.41, 5.74) is 1.88. The Morgan fingerprint density at radius 3 is 2.36 bits per heavy atom. The molecule has 0 radical (unpaired) electrons. The van der Waals surface area contributed by atoms with Crippen molar-refractivity contribution in [3.05, 3.63) is 69.8 Å². The predicted octanol–water partition coefficient (Wildman–Crippen LogP) is 6.08. The maximum Gasteiger partial charge on any atom is 0.322 e. The smallest absolute Gasteiger partial charge is 0.315 e. The van der Waals surface area contributed by atoms with E-state index in [-0.39, 0.29) is 23.9 Å². The summed E-state index contributed by atoms with van der Waals surface area (Å²) in [5.74, 6) is 0.152. The van der Waals surface area contributed by atoms with E-state index in [9.17, 15) is 9.59 Å². The summed E-state index contributed by atoms with van der Waals surface area (Å²) in [6.45, 7) is 8.21. The molecule has 1 heterocycles. The Bertz CT molecular complexity index is 1140. The summed E-state index contributed by atoms with van der Waals surface area (Å²) in [6, 6.07) is 16.0. The van der Waals surface area contributed by atoms with E-state index in [4.69, 9.17) is 11.6 Å². The first-order valence-corrected chi connectivity index (χ1v) is 11.7. The van der Waals surface area contributed by atoms with Crippen LogP contribution in [-0.2, 0) is 10.2 Å². The minimum absolute atomic E-state index is 0.114. The Morgan fingerprint density at radius 2 is 1.76 bits per heavy atom. The zero-order valence-corrected chi connectivity index (χ0v) is 21.4. The molecule has 0 saturated heterocycles. The van der Waals surface area contributed by atoms with Crippen LogP contribution >= 0.6 is 27.5 Å². The molecule has 0 spiro atoms. The third-order valence-electron chi connectivity index (χ3n) is 4.92. The van der Waals surface area contributed by atoms with E-state index < -0.39 is 0 Å². The minimum Gasteiger partial charge on any atom is -0.315 e. The lowest BCUT2D eigenvalue weighted by atomic mass is 9.92. The second kappa shape index (κ2) is 10.4. The number of para-hydroxylation sites is 1. The first kappa shape index (κ1) is 24.8. The Kier molecular flexibility index (Phi) is 7.81. The molecule has 0 saturated carbocycles. The van der Waals surface area contributed by atoms with Crippen molar-refractivity contribution >= 4 is 51.0 Å². The van der Waals surface area contributed by atoms with Crippen molar-refractivity contribution in [2.75, 3.05) is 23.7 Å².